The van der Waals surface area contributed by atoms with Crippen LogP contribution in [0.3, 0.4) is 0 Å². The van der Waals surface area contributed by atoms with Gasteiger partial charge in [0.1, 0.15) is 15.8 Å². The van der Waals surface area contributed by atoms with Gasteiger partial charge in [-0.3, -0.25) is 18.9 Å². The molecular formula is C25H34N4O2S2. The van der Waals surface area contributed by atoms with Crippen molar-refractivity contribution in [3.05, 3.63) is 44.7 Å². The van der Waals surface area contributed by atoms with E-state index in [0.717, 1.165) is 44.2 Å². The number of nitrogens with one attached hydrogen (secondary N) is 1. The van der Waals surface area contributed by atoms with Crippen LogP contribution >= 0.6 is 24.0 Å². The molecule has 33 heavy (non-hydrogen) atoms. The topological polar surface area (TPSA) is 66.7 Å². The maximum absolute atomic E-state index is 13.4. The largest absolute Gasteiger partial charge is 0.369 e. The Morgan fingerprint density at radius 3 is 2.55 bits per heavy atom. The molecule has 0 unspecified atom stereocenters. The number of carbonyl (C=O) groups is 1. The summed E-state index contributed by atoms with van der Waals surface area (Å²) in [7, 11) is 0. The summed E-state index contributed by atoms with van der Waals surface area (Å²) < 4.78 is 2.11. The molecule has 1 aliphatic rings. The Labute approximate surface area is 205 Å². The van der Waals surface area contributed by atoms with E-state index in [1.807, 2.05) is 19.1 Å². The zero-order valence-electron chi connectivity index (χ0n) is 19.9. The number of aromatic nitrogens is 2. The minimum atomic E-state index is -0.188. The van der Waals surface area contributed by atoms with Crippen molar-refractivity contribution < 1.29 is 4.79 Å². The maximum atomic E-state index is 13.4. The van der Waals surface area contributed by atoms with Crippen LogP contribution in [-0.4, -0.2) is 37.6 Å². The quantitative estimate of drug-likeness (QED) is 0.233. The number of carbonyl (C=O) groups excluding carboxylic acids is 1. The van der Waals surface area contributed by atoms with Gasteiger partial charge < -0.3 is 5.32 Å². The zero-order valence-corrected chi connectivity index (χ0v) is 21.5. The average molecular weight is 487 g/mol. The molecular weight excluding hydrogens is 452 g/mol. The van der Waals surface area contributed by atoms with Crippen LogP contribution in [0.1, 0.15) is 76.3 Å². The first-order valence-corrected chi connectivity index (χ1v) is 13.2. The van der Waals surface area contributed by atoms with Crippen LogP contribution in [0.15, 0.2) is 28.0 Å². The molecule has 6 nitrogen and oxygen atoms in total. The third-order valence-electron chi connectivity index (χ3n) is 5.71. The fourth-order valence-electron chi connectivity index (χ4n) is 3.80. The molecule has 0 saturated carbocycles. The Bertz CT molecular complexity index is 1090. The lowest BCUT2D eigenvalue weighted by molar-refractivity contribution is -0.122. The lowest BCUT2D eigenvalue weighted by atomic mass is 10.1. The number of pyridine rings is 1. The van der Waals surface area contributed by atoms with Crippen LogP contribution in [0.2, 0.25) is 0 Å². The molecule has 2 aromatic heterocycles. The van der Waals surface area contributed by atoms with Crippen molar-refractivity contribution in [2.75, 3.05) is 18.4 Å². The van der Waals surface area contributed by atoms with Crippen molar-refractivity contribution in [1.82, 2.24) is 14.3 Å². The van der Waals surface area contributed by atoms with E-state index in [2.05, 4.69) is 19.2 Å². The van der Waals surface area contributed by atoms with Gasteiger partial charge >= 0.3 is 0 Å². The average Bonchev–Trinajstić information content (AvgIpc) is 3.06. The number of anilines is 1. The van der Waals surface area contributed by atoms with E-state index in [4.69, 9.17) is 17.2 Å². The normalized spacial score (nSPS) is 15.2. The van der Waals surface area contributed by atoms with Gasteiger partial charge in [0.15, 0.2) is 0 Å². The fourth-order valence-corrected chi connectivity index (χ4v) is 5.09. The van der Waals surface area contributed by atoms with E-state index in [1.54, 1.807) is 21.6 Å². The highest BCUT2D eigenvalue weighted by Gasteiger charge is 2.32. The molecule has 0 spiro atoms. The van der Waals surface area contributed by atoms with E-state index in [9.17, 15) is 9.59 Å². The zero-order chi connectivity index (χ0) is 23.8. The van der Waals surface area contributed by atoms with Gasteiger partial charge in [-0.1, -0.05) is 82.4 Å². The van der Waals surface area contributed by atoms with Gasteiger partial charge in [-0.25, -0.2) is 4.98 Å². The van der Waals surface area contributed by atoms with E-state index >= 15 is 0 Å². The Morgan fingerprint density at radius 1 is 1.06 bits per heavy atom. The summed E-state index contributed by atoms with van der Waals surface area (Å²) in [5, 5.41) is 3.32. The highest BCUT2D eigenvalue weighted by molar-refractivity contribution is 8.26. The second kappa shape index (κ2) is 12.3. The monoisotopic (exact) mass is 486 g/mol. The van der Waals surface area contributed by atoms with Gasteiger partial charge in [0, 0.05) is 19.3 Å². The molecule has 0 aliphatic carbocycles. The minimum Gasteiger partial charge on any atom is -0.369 e. The first-order valence-electron chi connectivity index (χ1n) is 12.0. The number of unbranched alkanes of at least 4 members (excludes halogenated alkanes) is 6. The van der Waals surface area contributed by atoms with E-state index in [1.165, 1.54) is 31.0 Å². The summed E-state index contributed by atoms with van der Waals surface area (Å²) in [5.41, 5.74) is 1.76. The highest BCUT2D eigenvalue weighted by Crippen LogP contribution is 2.33. The fraction of sp³-hybridized carbons (Fsp3) is 0.520. The molecule has 1 amide bonds. The molecule has 1 saturated heterocycles. The molecule has 178 valence electrons. The lowest BCUT2D eigenvalue weighted by Gasteiger charge is -2.14. The number of hydrogen-bond acceptors (Lipinski definition) is 6. The third-order valence-corrected chi connectivity index (χ3v) is 7.09. The molecule has 3 heterocycles. The van der Waals surface area contributed by atoms with E-state index in [-0.39, 0.29) is 11.5 Å². The van der Waals surface area contributed by atoms with Crippen molar-refractivity contribution in [3.63, 3.8) is 0 Å². The molecule has 0 bridgehead atoms. The molecule has 1 aliphatic heterocycles. The molecule has 0 radical (unpaired) electrons. The SMILES string of the molecule is CCCCCCCN1C(=O)/C(=C/c2c(NCCCCC)nc3ccc(C)cn3c2=O)SC1=S. The van der Waals surface area contributed by atoms with Gasteiger partial charge in [-0.15, -0.1) is 0 Å². The third kappa shape index (κ3) is 6.44. The first-order chi connectivity index (χ1) is 16.0. The van der Waals surface area contributed by atoms with Gasteiger partial charge in [0.05, 0.1) is 10.5 Å². The van der Waals surface area contributed by atoms with Gasteiger partial charge in [0.2, 0.25) is 0 Å². The number of rotatable bonds is 12. The summed E-state index contributed by atoms with van der Waals surface area (Å²) in [6.07, 6.45) is 12.3. The Hall–Kier alpha value is -2.19. The highest BCUT2D eigenvalue weighted by atomic mass is 32.2. The second-order valence-electron chi connectivity index (χ2n) is 8.50. The number of hydrogen-bond donors (Lipinski definition) is 1. The molecule has 1 fully saturated rings. The van der Waals surface area contributed by atoms with Crippen LogP contribution in [0.5, 0.6) is 0 Å². The van der Waals surface area contributed by atoms with E-state index in [0.29, 0.717) is 32.8 Å². The molecule has 2 aromatic rings. The number of thiocarbonyl (C=S) groups is 1. The lowest BCUT2D eigenvalue weighted by Crippen LogP contribution is -2.29. The minimum absolute atomic E-state index is 0.119. The standard InChI is InChI=1S/C25H34N4O2S2/c1-4-6-8-9-11-15-28-24(31)20(33-25(28)32)16-19-22(26-14-10-7-5-2)27-21-13-12-18(3)17-29(21)23(19)30/h12-13,16-17,26H,4-11,14-15H2,1-3H3/b20-16-. The molecule has 3 rings (SSSR count). The smallest absolute Gasteiger partial charge is 0.267 e. The Morgan fingerprint density at radius 2 is 1.79 bits per heavy atom. The van der Waals surface area contributed by atoms with Crippen LogP contribution in [0.25, 0.3) is 11.7 Å². The van der Waals surface area contributed by atoms with Crippen LogP contribution in [0.4, 0.5) is 5.82 Å². The summed E-state index contributed by atoms with van der Waals surface area (Å²) in [6.45, 7) is 7.63. The number of thioether (sulfide) groups is 1. The van der Waals surface area contributed by atoms with Gasteiger partial charge in [0.25, 0.3) is 11.5 Å². The number of fused-ring (bicyclic) bond motifs is 1. The van der Waals surface area contributed by atoms with Crippen molar-refractivity contribution in [3.8, 4) is 0 Å². The molecule has 0 aromatic carbocycles. The van der Waals surface area contributed by atoms with Crippen LogP contribution < -0.4 is 10.9 Å². The first kappa shape index (κ1) is 25.4. The van der Waals surface area contributed by atoms with Crippen LogP contribution in [-0.2, 0) is 4.79 Å². The molecule has 8 heteroatoms. The molecule has 1 N–H and O–H groups in total. The van der Waals surface area contributed by atoms with Crippen molar-refractivity contribution in [2.24, 2.45) is 0 Å². The second-order valence-corrected chi connectivity index (χ2v) is 10.2. The van der Waals surface area contributed by atoms with Crippen molar-refractivity contribution >= 4 is 51.7 Å². The Balaban J connectivity index is 1.89. The van der Waals surface area contributed by atoms with Gasteiger partial charge in [-0.2, -0.15) is 0 Å². The van der Waals surface area contributed by atoms with Gasteiger partial charge in [-0.05, 0) is 37.5 Å². The predicted molar refractivity (Wildman–Crippen MR) is 143 cm³/mol. The number of nitrogens with zero attached hydrogens (tertiary/aromatic N) is 3. The van der Waals surface area contributed by atoms with Crippen molar-refractivity contribution in [2.45, 2.75) is 72.1 Å². The van der Waals surface area contributed by atoms with Crippen LogP contribution in [0, 0.1) is 6.92 Å². The predicted octanol–water partition coefficient (Wildman–Crippen LogP) is 5.78. The van der Waals surface area contributed by atoms with Crippen molar-refractivity contribution in [1.29, 1.82) is 0 Å². The number of amides is 1. The maximum Gasteiger partial charge on any atom is 0.267 e. The van der Waals surface area contributed by atoms with E-state index < -0.39 is 0 Å². The Kier molecular flexibility index (Phi) is 9.50. The summed E-state index contributed by atoms with van der Waals surface area (Å²) >= 11 is 6.75. The number of aryl methyl sites for hydroxylation is 1. The summed E-state index contributed by atoms with van der Waals surface area (Å²) in [5.74, 6) is 0.399. The summed E-state index contributed by atoms with van der Waals surface area (Å²) in [6, 6.07) is 3.78. The summed E-state index contributed by atoms with van der Waals surface area (Å²) in [4.78, 5) is 33.3. The molecule has 0 atom stereocenters.